The van der Waals surface area contributed by atoms with Crippen LogP contribution in [0.3, 0.4) is 0 Å². The minimum Gasteiger partial charge on any atom is -0.343 e. The molecule has 0 aromatic carbocycles. The Morgan fingerprint density at radius 2 is 1.95 bits per heavy atom. The Labute approximate surface area is 123 Å². The van der Waals surface area contributed by atoms with Crippen LogP contribution in [0.2, 0.25) is 0 Å². The van der Waals surface area contributed by atoms with Crippen LogP contribution in [-0.2, 0) is 19.6 Å². The maximum Gasteiger partial charge on any atom is 0.246 e. The summed E-state index contributed by atoms with van der Waals surface area (Å²) < 4.78 is 24.2. The Bertz CT molecular complexity index is 486. The molecule has 1 atom stereocenters. The molecule has 0 saturated carbocycles. The van der Waals surface area contributed by atoms with Gasteiger partial charge in [0.05, 0.1) is 6.26 Å². The van der Waals surface area contributed by atoms with E-state index in [1.807, 2.05) is 0 Å². The SMILES string of the molecule is CS(=O)(=O)N1CCN(C(=O)[C@@H]2CSCCC(=O)N2)CC1. The van der Waals surface area contributed by atoms with Gasteiger partial charge in [0.15, 0.2) is 0 Å². The zero-order chi connectivity index (χ0) is 14.8. The highest BCUT2D eigenvalue weighted by atomic mass is 32.2. The first-order valence-electron chi connectivity index (χ1n) is 6.49. The van der Waals surface area contributed by atoms with Crippen molar-refractivity contribution in [2.75, 3.05) is 43.9 Å². The second-order valence-corrected chi connectivity index (χ2v) is 8.06. The quantitative estimate of drug-likeness (QED) is 0.684. The largest absolute Gasteiger partial charge is 0.343 e. The van der Waals surface area contributed by atoms with Crippen molar-refractivity contribution in [1.82, 2.24) is 14.5 Å². The fourth-order valence-electron chi connectivity index (χ4n) is 2.27. The lowest BCUT2D eigenvalue weighted by atomic mass is 10.2. The Morgan fingerprint density at radius 1 is 1.30 bits per heavy atom. The number of thioether (sulfide) groups is 1. The van der Waals surface area contributed by atoms with E-state index < -0.39 is 16.1 Å². The molecule has 0 aliphatic carbocycles. The summed E-state index contributed by atoms with van der Waals surface area (Å²) >= 11 is 1.59. The molecule has 0 aromatic heterocycles. The van der Waals surface area contributed by atoms with Crippen molar-refractivity contribution in [2.45, 2.75) is 12.5 Å². The van der Waals surface area contributed by atoms with Crippen LogP contribution in [0.1, 0.15) is 6.42 Å². The number of sulfonamides is 1. The zero-order valence-electron chi connectivity index (χ0n) is 11.4. The van der Waals surface area contributed by atoms with Crippen LogP contribution < -0.4 is 5.32 Å². The lowest BCUT2D eigenvalue weighted by Crippen LogP contribution is -2.56. The van der Waals surface area contributed by atoms with E-state index in [-0.39, 0.29) is 11.8 Å². The van der Waals surface area contributed by atoms with E-state index in [9.17, 15) is 18.0 Å². The molecule has 7 nitrogen and oxygen atoms in total. The predicted molar refractivity (Wildman–Crippen MR) is 76.9 cm³/mol. The average molecular weight is 321 g/mol. The van der Waals surface area contributed by atoms with Crippen molar-refractivity contribution in [2.24, 2.45) is 0 Å². The van der Waals surface area contributed by atoms with Gasteiger partial charge in [-0.1, -0.05) is 0 Å². The normalized spacial score (nSPS) is 25.9. The number of nitrogens with one attached hydrogen (secondary N) is 1. The summed E-state index contributed by atoms with van der Waals surface area (Å²) in [6, 6.07) is -0.486. The highest BCUT2D eigenvalue weighted by Crippen LogP contribution is 2.13. The van der Waals surface area contributed by atoms with Gasteiger partial charge in [-0.15, -0.1) is 0 Å². The summed E-state index contributed by atoms with van der Waals surface area (Å²) in [5, 5.41) is 2.73. The molecule has 20 heavy (non-hydrogen) atoms. The van der Waals surface area contributed by atoms with E-state index in [4.69, 9.17) is 0 Å². The van der Waals surface area contributed by atoms with E-state index in [1.54, 1.807) is 16.7 Å². The standard InChI is InChI=1S/C11H19N3O4S2/c1-20(17,18)14-5-3-13(4-6-14)11(16)9-8-19-7-2-10(15)12-9/h9H,2-8H2,1H3,(H,12,15)/t9-/m0/s1. The smallest absolute Gasteiger partial charge is 0.246 e. The van der Waals surface area contributed by atoms with Crippen LogP contribution in [0.5, 0.6) is 0 Å². The first-order valence-corrected chi connectivity index (χ1v) is 9.49. The number of hydrogen-bond acceptors (Lipinski definition) is 5. The molecule has 114 valence electrons. The highest BCUT2D eigenvalue weighted by molar-refractivity contribution is 7.99. The van der Waals surface area contributed by atoms with Gasteiger partial charge in [-0.3, -0.25) is 9.59 Å². The fourth-order valence-corrected chi connectivity index (χ4v) is 4.05. The van der Waals surface area contributed by atoms with E-state index >= 15 is 0 Å². The third-order valence-electron chi connectivity index (χ3n) is 3.41. The maximum atomic E-state index is 12.3. The van der Waals surface area contributed by atoms with Gasteiger partial charge >= 0.3 is 0 Å². The van der Waals surface area contributed by atoms with Gasteiger partial charge < -0.3 is 10.2 Å². The molecule has 2 aliphatic rings. The van der Waals surface area contributed by atoms with Crippen LogP contribution in [0.4, 0.5) is 0 Å². The average Bonchev–Trinajstić information content (AvgIpc) is 2.62. The van der Waals surface area contributed by atoms with Crippen LogP contribution >= 0.6 is 11.8 Å². The monoisotopic (exact) mass is 321 g/mol. The number of piperazine rings is 1. The van der Waals surface area contributed by atoms with Crippen LogP contribution in [0.15, 0.2) is 0 Å². The fraction of sp³-hybridized carbons (Fsp3) is 0.818. The molecule has 0 unspecified atom stereocenters. The first-order chi connectivity index (χ1) is 9.38. The van der Waals surface area contributed by atoms with Crippen molar-refractivity contribution in [1.29, 1.82) is 0 Å². The van der Waals surface area contributed by atoms with Gasteiger partial charge in [0, 0.05) is 44.1 Å². The summed E-state index contributed by atoms with van der Waals surface area (Å²) in [5.74, 6) is 1.11. The Kier molecular flexibility index (Phi) is 4.92. The maximum absolute atomic E-state index is 12.3. The van der Waals surface area contributed by atoms with Gasteiger partial charge in [-0.25, -0.2) is 8.42 Å². The predicted octanol–water partition coefficient (Wildman–Crippen LogP) is -1.29. The Morgan fingerprint density at radius 3 is 2.55 bits per heavy atom. The molecular formula is C11H19N3O4S2. The zero-order valence-corrected chi connectivity index (χ0v) is 13.0. The van der Waals surface area contributed by atoms with Crippen molar-refractivity contribution in [3.63, 3.8) is 0 Å². The summed E-state index contributed by atoms with van der Waals surface area (Å²) in [6.45, 7) is 1.39. The van der Waals surface area contributed by atoms with Crippen LogP contribution in [0, 0.1) is 0 Å². The van der Waals surface area contributed by atoms with E-state index in [0.717, 1.165) is 5.75 Å². The van der Waals surface area contributed by atoms with Gasteiger partial charge in [-0.05, 0) is 0 Å². The molecule has 0 radical (unpaired) electrons. The first kappa shape index (κ1) is 15.6. The minimum atomic E-state index is -3.19. The Hall–Kier alpha value is -0.800. The molecule has 0 bridgehead atoms. The molecule has 2 fully saturated rings. The molecule has 2 heterocycles. The van der Waals surface area contributed by atoms with Crippen molar-refractivity contribution < 1.29 is 18.0 Å². The van der Waals surface area contributed by atoms with Gasteiger partial charge in [0.1, 0.15) is 6.04 Å². The topological polar surface area (TPSA) is 86.8 Å². The number of nitrogens with zero attached hydrogens (tertiary/aromatic N) is 2. The number of amides is 2. The van der Waals surface area contributed by atoms with Crippen LogP contribution in [0.25, 0.3) is 0 Å². The lowest BCUT2D eigenvalue weighted by molar-refractivity contribution is -0.136. The summed E-state index contributed by atoms with van der Waals surface area (Å²) in [7, 11) is -3.19. The van der Waals surface area contributed by atoms with Gasteiger partial charge in [0.25, 0.3) is 0 Å². The summed E-state index contributed by atoms with van der Waals surface area (Å²) in [4.78, 5) is 25.5. The van der Waals surface area contributed by atoms with Gasteiger partial charge in [0.2, 0.25) is 21.8 Å². The van der Waals surface area contributed by atoms with Crippen LogP contribution in [-0.4, -0.2) is 79.4 Å². The summed E-state index contributed by atoms with van der Waals surface area (Å²) in [5.41, 5.74) is 0. The number of carbonyl (C=O) groups is 2. The number of hydrogen-bond donors (Lipinski definition) is 1. The molecule has 2 amide bonds. The van der Waals surface area contributed by atoms with E-state index in [2.05, 4.69) is 5.32 Å². The molecular weight excluding hydrogens is 302 g/mol. The molecule has 2 aliphatic heterocycles. The van der Waals surface area contributed by atoms with Crippen molar-refractivity contribution in [3.05, 3.63) is 0 Å². The molecule has 1 N–H and O–H groups in total. The van der Waals surface area contributed by atoms with E-state index in [1.165, 1.54) is 10.6 Å². The molecule has 0 spiro atoms. The molecule has 2 saturated heterocycles. The Balaban J connectivity index is 1.92. The number of carbonyl (C=O) groups excluding carboxylic acids is 2. The minimum absolute atomic E-state index is 0.0943. The third-order valence-corrected chi connectivity index (χ3v) is 5.78. The lowest BCUT2D eigenvalue weighted by Gasteiger charge is -2.35. The highest BCUT2D eigenvalue weighted by Gasteiger charge is 2.31. The molecule has 9 heteroatoms. The second-order valence-electron chi connectivity index (χ2n) is 4.93. The van der Waals surface area contributed by atoms with E-state index in [0.29, 0.717) is 38.4 Å². The van der Waals surface area contributed by atoms with Crippen molar-refractivity contribution in [3.8, 4) is 0 Å². The molecule has 2 rings (SSSR count). The second kappa shape index (κ2) is 6.31. The molecule has 0 aromatic rings. The summed E-state index contributed by atoms with van der Waals surface area (Å²) in [6.07, 6.45) is 1.61. The van der Waals surface area contributed by atoms with Crippen molar-refractivity contribution >= 4 is 33.6 Å². The van der Waals surface area contributed by atoms with Gasteiger partial charge in [-0.2, -0.15) is 16.1 Å². The number of rotatable bonds is 2. The third kappa shape index (κ3) is 3.86.